The average Bonchev–Trinajstić information content (AvgIpc) is 2.91. The third kappa shape index (κ3) is 4.40. The summed E-state index contributed by atoms with van der Waals surface area (Å²) in [6.07, 6.45) is 0. The van der Waals surface area contributed by atoms with Crippen LogP contribution in [0, 0.1) is 6.92 Å². The van der Waals surface area contributed by atoms with E-state index in [9.17, 15) is 23.2 Å². The van der Waals surface area contributed by atoms with E-state index < -0.39 is 36.5 Å². The van der Waals surface area contributed by atoms with E-state index >= 15 is 0 Å². The fourth-order valence-electron chi connectivity index (χ4n) is 3.18. The molecule has 4 amide bonds. The number of halogens is 2. The van der Waals surface area contributed by atoms with E-state index in [1.54, 1.807) is 25.1 Å². The molecule has 3 rings (SSSR count). The normalized spacial score (nSPS) is 18.5. The molecule has 1 heterocycles. The molecule has 0 spiro atoms. The quantitative estimate of drug-likeness (QED) is 0.678. The van der Waals surface area contributed by atoms with Crippen molar-refractivity contribution in [3.63, 3.8) is 0 Å². The highest BCUT2D eigenvalue weighted by Gasteiger charge is 2.49. The maximum absolute atomic E-state index is 12.9. The van der Waals surface area contributed by atoms with Crippen molar-refractivity contribution in [1.29, 1.82) is 0 Å². The zero-order chi connectivity index (χ0) is 21.9. The van der Waals surface area contributed by atoms with Gasteiger partial charge in [0.05, 0.1) is 0 Å². The standard InChI is InChI=1S/C21H21F2N3O4/c1-13-7-9-15(10-8-13)21(2)18(28)26(20(29)25-21)12-17(27)24-11-14-5-3-4-6-16(14)30-19(22)23/h3-10,19H,11-12H2,1-2H3,(H,24,27)(H,25,29). The molecule has 1 fully saturated rings. The van der Waals surface area contributed by atoms with Crippen LogP contribution in [-0.2, 0) is 21.7 Å². The Morgan fingerprint density at radius 1 is 1.17 bits per heavy atom. The van der Waals surface area contributed by atoms with Gasteiger partial charge < -0.3 is 15.4 Å². The summed E-state index contributed by atoms with van der Waals surface area (Å²) in [5.74, 6) is -1.22. The number of hydrogen-bond acceptors (Lipinski definition) is 4. The molecule has 2 aromatic rings. The van der Waals surface area contributed by atoms with Gasteiger partial charge >= 0.3 is 12.6 Å². The number of benzene rings is 2. The van der Waals surface area contributed by atoms with Gasteiger partial charge in [-0.25, -0.2) is 4.79 Å². The van der Waals surface area contributed by atoms with Crippen molar-refractivity contribution < 1.29 is 27.9 Å². The minimum Gasteiger partial charge on any atom is -0.434 e. The van der Waals surface area contributed by atoms with Crippen molar-refractivity contribution in [2.45, 2.75) is 32.5 Å². The molecule has 1 aliphatic rings. The molecule has 2 aromatic carbocycles. The van der Waals surface area contributed by atoms with E-state index in [0.29, 0.717) is 11.1 Å². The van der Waals surface area contributed by atoms with Crippen molar-refractivity contribution in [1.82, 2.24) is 15.5 Å². The molecule has 0 aliphatic carbocycles. The van der Waals surface area contributed by atoms with Crippen molar-refractivity contribution in [2.24, 2.45) is 0 Å². The van der Waals surface area contributed by atoms with Gasteiger partial charge in [0.25, 0.3) is 5.91 Å². The number of aryl methyl sites for hydroxylation is 1. The molecule has 1 aliphatic heterocycles. The van der Waals surface area contributed by atoms with E-state index in [1.165, 1.54) is 18.2 Å². The van der Waals surface area contributed by atoms with Crippen molar-refractivity contribution in [2.75, 3.05) is 6.54 Å². The number of urea groups is 1. The lowest BCUT2D eigenvalue weighted by Gasteiger charge is -2.22. The minimum absolute atomic E-state index is 0.0604. The second-order valence-electron chi connectivity index (χ2n) is 7.08. The van der Waals surface area contributed by atoms with E-state index in [-0.39, 0.29) is 12.3 Å². The predicted octanol–water partition coefficient (Wildman–Crippen LogP) is 2.68. The number of amides is 4. The lowest BCUT2D eigenvalue weighted by molar-refractivity contribution is -0.134. The highest BCUT2D eigenvalue weighted by molar-refractivity contribution is 6.09. The Kier molecular flexibility index (Phi) is 6.00. The van der Waals surface area contributed by atoms with Gasteiger partial charge in [0.1, 0.15) is 17.8 Å². The molecule has 30 heavy (non-hydrogen) atoms. The third-order valence-corrected chi connectivity index (χ3v) is 4.87. The van der Waals surface area contributed by atoms with Gasteiger partial charge in [-0.15, -0.1) is 0 Å². The molecule has 0 bridgehead atoms. The first-order valence-corrected chi connectivity index (χ1v) is 9.21. The SMILES string of the molecule is Cc1ccc(C2(C)NC(=O)N(CC(=O)NCc3ccccc3OC(F)F)C2=O)cc1. The first-order valence-electron chi connectivity index (χ1n) is 9.21. The number of alkyl halides is 2. The Bertz CT molecular complexity index is 965. The predicted molar refractivity (Wildman–Crippen MR) is 104 cm³/mol. The molecular weight excluding hydrogens is 396 g/mol. The van der Waals surface area contributed by atoms with E-state index in [2.05, 4.69) is 15.4 Å². The summed E-state index contributed by atoms with van der Waals surface area (Å²) in [6, 6.07) is 12.5. The molecule has 158 valence electrons. The fourth-order valence-corrected chi connectivity index (χ4v) is 3.18. The number of nitrogens with one attached hydrogen (secondary N) is 2. The first-order chi connectivity index (χ1) is 14.2. The maximum atomic E-state index is 12.9. The van der Waals surface area contributed by atoms with Crippen LogP contribution in [0.5, 0.6) is 5.75 Å². The van der Waals surface area contributed by atoms with Crippen LogP contribution < -0.4 is 15.4 Å². The van der Waals surface area contributed by atoms with Crippen LogP contribution in [0.15, 0.2) is 48.5 Å². The highest BCUT2D eigenvalue weighted by atomic mass is 19.3. The molecular formula is C21H21F2N3O4. The molecule has 0 radical (unpaired) electrons. The topological polar surface area (TPSA) is 87.7 Å². The smallest absolute Gasteiger partial charge is 0.387 e. The molecule has 0 aromatic heterocycles. The third-order valence-electron chi connectivity index (χ3n) is 4.87. The highest BCUT2D eigenvalue weighted by Crippen LogP contribution is 2.29. The van der Waals surface area contributed by atoms with Crippen LogP contribution in [0.25, 0.3) is 0 Å². The van der Waals surface area contributed by atoms with Crippen LogP contribution in [0.1, 0.15) is 23.6 Å². The Labute approximate surface area is 172 Å². The lowest BCUT2D eigenvalue weighted by Crippen LogP contribution is -2.43. The van der Waals surface area contributed by atoms with Crippen LogP contribution in [-0.4, -0.2) is 35.9 Å². The monoisotopic (exact) mass is 417 g/mol. The van der Waals surface area contributed by atoms with Crippen molar-refractivity contribution >= 4 is 17.8 Å². The van der Waals surface area contributed by atoms with Gasteiger partial charge in [-0.1, -0.05) is 48.0 Å². The van der Waals surface area contributed by atoms with E-state index in [0.717, 1.165) is 10.5 Å². The number of ether oxygens (including phenoxy) is 1. The molecule has 1 saturated heterocycles. The Balaban J connectivity index is 1.65. The largest absolute Gasteiger partial charge is 0.434 e. The van der Waals surface area contributed by atoms with E-state index in [1.807, 2.05) is 19.1 Å². The summed E-state index contributed by atoms with van der Waals surface area (Å²) < 4.78 is 29.4. The van der Waals surface area contributed by atoms with Gasteiger partial charge in [-0.05, 0) is 25.5 Å². The number of imide groups is 1. The number of nitrogens with zero attached hydrogens (tertiary/aromatic N) is 1. The summed E-state index contributed by atoms with van der Waals surface area (Å²) in [5, 5.41) is 5.15. The molecule has 1 unspecified atom stereocenters. The van der Waals surface area contributed by atoms with Gasteiger partial charge in [0, 0.05) is 12.1 Å². The Morgan fingerprint density at radius 3 is 2.50 bits per heavy atom. The number of rotatable bonds is 7. The minimum atomic E-state index is -2.99. The fraction of sp³-hybridized carbons (Fsp3) is 0.286. The summed E-state index contributed by atoms with van der Waals surface area (Å²) >= 11 is 0. The van der Waals surface area contributed by atoms with Crippen molar-refractivity contribution in [3.8, 4) is 5.75 Å². The van der Waals surface area contributed by atoms with Gasteiger partial charge in [0.15, 0.2) is 0 Å². The Hall–Kier alpha value is -3.49. The van der Waals surface area contributed by atoms with Gasteiger partial charge in [0.2, 0.25) is 5.91 Å². The zero-order valence-corrected chi connectivity index (χ0v) is 16.4. The average molecular weight is 417 g/mol. The summed E-state index contributed by atoms with van der Waals surface area (Å²) in [6.45, 7) is -0.104. The molecule has 7 nitrogen and oxygen atoms in total. The van der Waals surface area contributed by atoms with Crippen LogP contribution in [0.2, 0.25) is 0 Å². The van der Waals surface area contributed by atoms with Gasteiger partial charge in [-0.3, -0.25) is 14.5 Å². The molecule has 1 atom stereocenters. The molecule has 2 N–H and O–H groups in total. The summed E-state index contributed by atoms with van der Waals surface area (Å²) in [5.41, 5.74) is 0.676. The van der Waals surface area contributed by atoms with Crippen LogP contribution >= 0.6 is 0 Å². The zero-order valence-electron chi connectivity index (χ0n) is 16.4. The van der Waals surface area contributed by atoms with Crippen molar-refractivity contribution in [3.05, 3.63) is 65.2 Å². The maximum Gasteiger partial charge on any atom is 0.387 e. The summed E-state index contributed by atoms with van der Waals surface area (Å²) in [4.78, 5) is 38.3. The van der Waals surface area contributed by atoms with Crippen LogP contribution in [0.3, 0.4) is 0 Å². The van der Waals surface area contributed by atoms with Gasteiger partial charge in [-0.2, -0.15) is 8.78 Å². The second-order valence-corrected chi connectivity index (χ2v) is 7.08. The molecule has 9 heteroatoms. The summed E-state index contributed by atoms with van der Waals surface area (Å²) in [7, 11) is 0. The number of carbonyl (C=O) groups excluding carboxylic acids is 3. The Morgan fingerprint density at radius 2 is 1.83 bits per heavy atom. The number of carbonyl (C=O) groups is 3. The second kappa shape index (κ2) is 8.48. The van der Waals surface area contributed by atoms with Crippen LogP contribution in [0.4, 0.5) is 13.6 Å². The lowest BCUT2D eigenvalue weighted by atomic mass is 9.91. The number of hydrogen-bond donors (Lipinski definition) is 2. The number of para-hydroxylation sites is 1. The first kappa shape index (κ1) is 21.2. The van der Waals surface area contributed by atoms with E-state index in [4.69, 9.17) is 0 Å². The molecule has 0 saturated carbocycles.